The van der Waals surface area contributed by atoms with E-state index in [9.17, 15) is 14.7 Å². The molecular formula is C28H34N2O5. The maximum atomic E-state index is 13.2. The number of Topliss-reactive ketones (excluding diaryl/α,β-unsaturated/α-hetero) is 1. The van der Waals surface area contributed by atoms with E-state index in [1.807, 2.05) is 45.0 Å². The molecule has 1 fully saturated rings. The van der Waals surface area contributed by atoms with Crippen molar-refractivity contribution in [3.8, 4) is 11.5 Å². The van der Waals surface area contributed by atoms with Crippen LogP contribution in [0.4, 0.5) is 0 Å². The first-order valence-electron chi connectivity index (χ1n) is 11.8. The number of hydrogen-bond donors (Lipinski definition) is 1. The van der Waals surface area contributed by atoms with Gasteiger partial charge in [0.05, 0.1) is 17.7 Å². The van der Waals surface area contributed by atoms with Crippen LogP contribution in [0.2, 0.25) is 0 Å². The van der Waals surface area contributed by atoms with Crippen LogP contribution in [0.15, 0.2) is 66.8 Å². The summed E-state index contributed by atoms with van der Waals surface area (Å²) in [5, 5.41) is 11.2. The van der Waals surface area contributed by atoms with Gasteiger partial charge in [-0.25, -0.2) is 0 Å². The third-order valence-corrected chi connectivity index (χ3v) is 5.59. The molecule has 0 saturated carbocycles. The lowest BCUT2D eigenvalue weighted by Crippen LogP contribution is -2.32. The molecule has 7 nitrogen and oxygen atoms in total. The summed E-state index contributed by atoms with van der Waals surface area (Å²) in [6, 6.07) is 13.4. The SMILES string of the molecule is C=CCOc1cccc([C@H]2/C(=C(\O)c3ccc(OC(C)C)cc3)C(=O)C(=O)N2CCCN(C)C)c1. The Morgan fingerprint density at radius 1 is 1.14 bits per heavy atom. The maximum Gasteiger partial charge on any atom is 0.295 e. The van der Waals surface area contributed by atoms with Gasteiger partial charge in [0.25, 0.3) is 11.7 Å². The van der Waals surface area contributed by atoms with E-state index < -0.39 is 17.7 Å². The number of ketones is 1. The van der Waals surface area contributed by atoms with Crippen LogP contribution in [0, 0.1) is 0 Å². The molecule has 0 bridgehead atoms. The number of ether oxygens (including phenoxy) is 2. The summed E-state index contributed by atoms with van der Waals surface area (Å²) in [6.45, 7) is 9.00. The zero-order valence-corrected chi connectivity index (χ0v) is 20.9. The molecule has 3 rings (SSSR count). The molecule has 7 heteroatoms. The van der Waals surface area contributed by atoms with Crippen molar-refractivity contribution in [2.24, 2.45) is 0 Å². The number of amides is 1. The third kappa shape index (κ3) is 6.31. The van der Waals surface area contributed by atoms with Gasteiger partial charge in [-0.3, -0.25) is 9.59 Å². The highest BCUT2D eigenvalue weighted by Gasteiger charge is 2.45. The van der Waals surface area contributed by atoms with E-state index in [1.54, 1.807) is 47.4 Å². The number of aliphatic hydroxyl groups excluding tert-OH is 1. The standard InChI is InChI=1S/C28H34N2O5/c1-6-17-34-23-10-7-9-21(18-23)25-24(27(32)28(33)30(25)16-8-15-29(4)5)26(31)20-11-13-22(14-12-20)35-19(2)3/h6-7,9-14,18-19,25,31H,1,8,15-17H2,2-5H3/b26-24+/t25-/m0/s1. The number of benzene rings is 2. The topological polar surface area (TPSA) is 79.3 Å². The van der Waals surface area contributed by atoms with E-state index in [1.165, 1.54) is 0 Å². The second-order valence-electron chi connectivity index (χ2n) is 9.01. The van der Waals surface area contributed by atoms with Crippen LogP contribution in [-0.2, 0) is 9.59 Å². The number of aliphatic hydroxyl groups is 1. The van der Waals surface area contributed by atoms with E-state index in [0.29, 0.717) is 42.2 Å². The van der Waals surface area contributed by atoms with E-state index in [4.69, 9.17) is 9.47 Å². The number of carbonyl (C=O) groups is 2. The molecule has 0 aliphatic carbocycles. The van der Waals surface area contributed by atoms with Crippen molar-refractivity contribution in [1.29, 1.82) is 0 Å². The van der Waals surface area contributed by atoms with E-state index in [0.717, 1.165) is 6.54 Å². The fourth-order valence-corrected chi connectivity index (χ4v) is 4.06. The maximum absolute atomic E-state index is 13.2. The van der Waals surface area contributed by atoms with Gasteiger partial charge < -0.3 is 24.4 Å². The molecule has 1 amide bonds. The Morgan fingerprint density at radius 3 is 2.49 bits per heavy atom. The summed E-state index contributed by atoms with van der Waals surface area (Å²) >= 11 is 0. The summed E-state index contributed by atoms with van der Waals surface area (Å²) in [7, 11) is 3.91. The van der Waals surface area contributed by atoms with Crippen LogP contribution < -0.4 is 9.47 Å². The molecule has 2 aromatic carbocycles. The molecule has 1 aliphatic rings. The van der Waals surface area contributed by atoms with Gasteiger partial charge in [-0.05, 0) is 82.9 Å². The molecule has 0 spiro atoms. The average molecular weight is 479 g/mol. The van der Waals surface area contributed by atoms with Gasteiger partial charge in [0.1, 0.15) is 23.9 Å². The third-order valence-electron chi connectivity index (χ3n) is 5.59. The normalized spacial score (nSPS) is 17.3. The van der Waals surface area contributed by atoms with Crippen molar-refractivity contribution < 1.29 is 24.2 Å². The Bertz CT molecular complexity index is 1090. The predicted molar refractivity (Wildman–Crippen MR) is 137 cm³/mol. The Kier molecular flexibility index (Phi) is 8.71. The van der Waals surface area contributed by atoms with Crippen LogP contribution >= 0.6 is 0 Å². The highest BCUT2D eigenvalue weighted by Crippen LogP contribution is 2.40. The largest absolute Gasteiger partial charge is 0.507 e. The van der Waals surface area contributed by atoms with Crippen molar-refractivity contribution in [3.05, 3.63) is 77.9 Å². The zero-order chi connectivity index (χ0) is 25.5. The molecule has 186 valence electrons. The second-order valence-corrected chi connectivity index (χ2v) is 9.01. The molecule has 35 heavy (non-hydrogen) atoms. The summed E-state index contributed by atoms with van der Waals surface area (Å²) in [5.74, 6) is -0.275. The molecule has 0 radical (unpaired) electrons. The quantitative estimate of drug-likeness (QED) is 0.223. The minimum Gasteiger partial charge on any atom is -0.507 e. The Hall–Kier alpha value is -3.58. The number of likely N-dealkylation sites (tertiary alicyclic amines) is 1. The Labute approximate surface area is 207 Å². The van der Waals surface area contributed by atoms with E-state index in [-0.39, 0.29) is 17.4 Å². The summed E-state index contributed by atoms with van der Waals surface area (Å²) in [6.07, 6.45) is 2.34. The average Bonchev–Trinajstić information content (AvgIpc) is 3.07. The second kappa shape index (κ2) is 11.7. The molecule has 0 unspecified atom stereocenters. The Balaban J connectivity index is 2.05. The van der Waals surface area contributed by atoms with E-state index >= 15 is 0 Å². The van der Waals surface area contributed by atoms with Gasteiger partial charge in [-0.1, -0.05) is 24.8 Å². The first-order valence-corrected chi connectivity index (χ1v) is 11.8. The first kappa shape index (κ1) is 26.0. The fourth-order valence-electron chi connectivity index (χ4n) is 4.06. The number of carbonyl (C=O) groups excluding carboxylic acids is 2. The van der Waals surface area contributed by atoms with Crippen LogP contribution in [0.1, 0.15) is 37.4 Å². The lowest BCUT2D eigenvalue weighted by atomic mass is 9.95. The van der Waals surface area contributed by atoms with Crippen molar-refractivity contribution in [2.45, 2.75) is 32.4 Å². The number of nitrogens with zero attached hydrogens (tertiary/aromatic N) is 2. The number of hydrogen-bond acceptors (Lipinski definition) is 6. The first-order chi connectivity index (χ1) is 16.7. The zero-order valence-electron chi connectivity index (χ0n) is 20.9. The molecule has 2 aromatic rings. The van der Waals surface area contributed by atoms with Crippen molar-refractivity contribution in [2.75, 3.05) is 33.8 Å². The highest BCUT2D eigenvalue weighted by atomic mass is 16.5. The molecule has 1 atom stereocenters. The van der Waals surface area contributed by atoms with Crippen LogP contribution in [0.25, 0.3) is 5.76 Å². The van der Waals surface area contributed by atoms with Crippen molar-refractivity contribution in [3.63, 3.8) is 0 Å². The van der Waals surface area contributed by atoms with Gasteiger partial charge in [0, 0.05) is 12.1 Å². The fraction of sp³-hybridized carbons (Fsp3) is 0.357. The van der Waals surface area contributed by atoms with Crippen molar-refractivity contribution in [1.82, 2.24) is 9.80 Å². The summed E-state index contributed by atoms with van der Waals surface area (Å²) in [4.78, 5) is 29.9. The van der Waals surface area contributed by atoms with Crippen LogP contribution in [0.3, 0.4) is 0 Å². The molecule has 1 N–H and O–H groups in total. The predicted octanol–water partition coefficient (Wildman–Crippen LogP) is 4.41. The van der Waals surface area contributed by atoms with Gasteiger partial charge in [-0.15, -0.1) is 0 Å². The minimum atomic E-state index is -0.726. The molecule has 1 heterocycles. The lowest BCUT2D eigenvalue weighted by molar-refractivity contribution is -0.139. The van der Waals surface area contributed by atoms with Crippen molar-refractivity contribution >= 4 is 17.4 Å². The van der Waals surface area contributed by atoms with Gasteiger partial charge in [0.15, 0.2) is 0 Å². The minimum absolute atomic E-state index is 0.0116. The summed E-state index contributed by atoms with van der Waals surface area (Å²) < 4.78 is 11.4. The highest BCUT2D eigenvalue weighted by molar-refractivity contribution is 6.46. The van der Waals surface area contributed by atoms with E-state index in [2.05, 4.69) is 6.58 Å². The van der Waals surface area contributed by atoms with Gasteiger partial charge in [-0.2, -0.15) is 0 Å². The molecular weight excluding hydrogens is 444 g/mol. The molecule has 1 aliphatic heterocycles. The van der Waals surface area contributed by atoms with Gasteiger partial charge >= 0.3 is 0 Å². The van der Waals surface area contributed by atoms with Crippen LogP contribution in [-0.4, -0.2) is 66.5 Å². The summed E-state index contributed by atoms with van der Waals surface area (Å²) in [5.41, 5.74) is 1.20. The number of rotatable bonds is 11. The smallest absolute Gasteiger partial charge is 0.295 e. The monoisotopic (exact) mass is 478 g/mol. The Morgan fingerprint density at radius 2 is 1.86 bits per heavy atom. The van der Waals surface area contributed by atoms with Crippen LogP contribution in [0.5, 0.6) is 11.5 Å². The molecule has 1 saturated heterocycles. The molecule has 0 aromatic heterocycles. The van der Waals surface area contributed by atoms with Gasteiger partial charge in [0.2, 0.25) is 0 Å². The lowest BCUT2D eigenvalue weighted by Gasteiger charge is -2.26.